The highest BCUT2D eigenvalue weighted by Crippen LogP contribution is 2.27. The standard InChI is InChI=1S/C31H41N5O6/c1-22(37)35-13-14-41-15-16-42-29-8-4-7-27(33-29)30(38)32-25-18-28(31(39)34-11-9-23(19-35)10-12-34)36(21-25)20-24-5-3-6-26(17-24)40-2/h3-8,17,23,25,28H,9-16,18-21H2,1-2H3,(H,32,38)/t25-,28-/m0/s1. The number of benzene rings is 1. The third kappa shape index (κ3) is 7.57. The van der Waals surface area contributed by atoms with E-state index in [-0.39, 0.29) is 42.1 Å². The minimum atomic E-state index is -0.361. The second-order valence-corrected chi connectivity index (χ2v) is 11.3. The van der Waals surface area contributed by atoms with Crippen LogP contribution >= 0.6 is 0 Å². The van der Waals surface area contributed by atoms with E-state index in [1.807, 2.05) is 34.1 Å². The van der Waals surface area contributed by atoms with Crippen LogP contribution in [0.1, 0.15) is 42.2 Å². The summed E-state index contributed by atoms with van der Waals surface area (Å²) in [7, 11) is 1.64. The summed E-state index contributed by atoms with van der Waals surface area (Å²) in [5, 5.41) is 3.11. The number of nitrogens with zero attached hydrogens (tertiary/aromatic N) is 4. The monoisotopic (exact) mass is 579 g/mol. The number of amides is 3. The molecule has 0 radical (unpaired) electrons. The molecule has 0 saturated carbocycles. The van der Waals surface area contributed by atoms with Crippen LogP contribution in [0.15, 0.2) is 42.5 Å². The Morgan fingerprint density at radius 1 is 1.05 bits per heavy atom. The molecule has 0 unspecified atom stereocenters. The third-order valence-corrected chi connectivity index (χ3v) is 8.33. The van der Waals surface area contributed by atoms with Gasteiger partial charge in [0, 0.05) is 58.3 Å². The minimum absolute atomic E-state index is 0.0233. The number of nitrogens with one attached hydrogen (secondary N) is 1. The van der Waals surface area contributed by atoms with Crippen molar-refractivity contribution in [1.82, 2.24) is 25.0 Å². The van der Waals surface area contributed by atoms with Crippen molar-refractivity contribution in [1.29, 1.82) is 0 Å². The van der Waals surface area contributed by atoms with E-state index >= 15 is 0 Å². The van der Waals surface area contributed by atoms with Crippen molar-refractivity contribution in [3.63, 3.8) is 0 Å². The van der Waals surface area contributed by atoms with E-state index < -0.39 is 0 Å². The van der Waals surface area contributed by atoms with Crippen molar-refractivity contribution in [2.45, 2.75) is 44.8 Å². The van der Waals surface area contributed by atoms with Crippen molar-refractivity contribution < 1.29 is 28.6 Å². The lowest BCUT2D eigenvalue weighted by Crippen LogP contribution is -2.49. The van der Waals surface area contributed by atoms with Gasteiger partial charge in [0.25, 0.3) is 5.91 Å². The number of aromatic nitrogens is 1. The zero-order valence-electron chi connectivity index (χ0n) is 24.5. The number of fused-ring (bicyclic) bond motifs is 10. The molecule has 42 heavy (non-hydrogen) atoms. The number of carbonyl (C=O) groups is 3. The van der Waals surface area contributed by atoms with Gasteiger partial charge in [0.1, 0.15) is 18.1 Å². The first-order valence-electron chi connectivity index (χ1n) is 14.8. The van der Waals surface area contributed by atoms with Crippen LogP contribution in [0.25, 0.3) is 0 Å². The highest BCUT2D eigenvalue weighted by molar-refractivity contribution is 5.92. The second-order valence-electron chi connectivity index (χ2n) is 11.3. The number of likely N-dealkylation sites (tertiary alicyclic amines) is 1. The second kappa shape index (κ2) is 14.0. The predicted octanol–water partition coefficient (Wildman–Crippen LogP) is 1.96. The lowest BCUT2D eigenvalue weighted by Gasteiger charge is -2.37. The molecule has 0 spiro atoms. The lowest BCUT2D eigenvalue weighted by molar-refractivity contribution is -0.138. The number of rotatable bonds is 3. The number of hydrogen-bond donors (Lipinski definition) is 1. The van der Waals surface area contributed by atoms with Crippen LogP contribution in [-0.4, -0.2) is 109 Å². The van der Waals surface area contributed by atoms with E-state index in [0.29, 0.717) is 70.7 Å². The Morgan fingerprint density at radius 2 is 1.86 bits per heavy atom. The average molecular weight is 580 g/mol. The molecule has 226 valence electrons. The summed E-state index contributed by atoms with van der Waals surface area (Å²) in [6.45, 7) is 6.19. The average Bonchev–Trinajstić information content (AvgIpc) is 3.39. The topological polar surface area (TPSA) is 114 Å². The molecule has 2 fully saturated rings. The Hall–Kier alpha value is -3.70. The first-order chi connectivity index (χ1) is 20.4. The van der Waals surface area contributed by atoms with Crippen LogP contribution in [0, 0.1) is 5.92 Å². The van der Waals surface area contributed by atoms with Gasteiger partial charge >= 0.3 is 0 Å². The third-order valence-electron chi connectivity index (χ3n) is 8.33. The van der Waals surface area contributed by atoms with Gasteiger partial charge in [0.05, 0.1) is 26.4 Å². The van der Waals surface area contributed by atoms with Gasteiger partial charge in [-0.3, -0.25) is 19.3 Å². The summed E-state index contributed by atoms with van der Waals surface area (Å²) >= 11 is 0. The minimum Gasteiger partial charge on any atom is -0.497 e. The number of carbonyl (C=O) groups excluding carboxylic acids is 3. The molecule has 1 aromatic heterocycles. The van der Waals surface area contributed by atoms with Gasteiger partial charge in [-0.2, -0.15) is 0 Å². The molecular formula is C31H41N5O6. The van der Waals surface area contributed by atoms with E-state index in [4.69, 9.17) is 14.2 Å². The van der Waals surface area contributed by atoms with Crippen LogP contribution in [0.4, 0.5) is 0 Å². The molecule has 1 N–H and O–H groups in total. The number of piperidine rings is 1. The first kappa shape index (κ1) is 29.8. The first-order valence-corrected chi connectivity index (χ1v) is 14.8. The van der Waals surface area contributed by atoms with E-state index in [9.17, 15) is 14.4 Å². The van der Waals surface area contributed by atoms with Crippen molar-refractivity contribution in [3.05, 3.63) is 53.7 Å². The fraction of sp³-hybridized carbons (Fsp3) is 0.548. The van der Waals surface area contributed by atoms with Crippen LogP contribution in [-0.2, 0) is 20.9 Å². The Labute approximate surface area is 247 Å². The van der Waals surface area contributed by atoms with E-state index in [0.717, 1.165) is 24.2 Å². The molecule has 11 nitrogen and oxygen atoms in total. The highest BCUT2D eigenvalue weighted by atomic mass is 16.5. The fourth-order valence-corrected chi connectivity index (χ4v) is 6.04. The highest BCUT2D eigenvalue weighted by Gasteiger charge is 2.40. The van der Waals surface area contributed by atoms with Crippen LogP contribution in [0.3, 0.4) is 0 Å². The van der Waals surface area contributed by atoms with Crippen LogP contribution in [0.2, 0.25) is 0 Å². The summed E-state index contributed by atoms with van der Waals surface area (Å²) in [6, 6.07) is 12.4. The Bertz CT molecular complexity index is 1250. The van der Waals surface area contributed by atoms with Gasteiger partial charge in [-0.25, -0.2) is 4.98 Å². The van der Waals surface area contributed by atoms with Crippen molar-refractivity contribution in [3.8, 4) is 11.6 Å². The lowest BCUT2D eigenvalue weighted by atomic mass is 9.95. The van der Waals surface area contributed by atoms with E-state index in [1.54, 1.807) is 32.2 Å². The summed E-state index contributed by atoms with van der Waals surface area (Å²) < 4.78 is 16.8. The van der Waals surface area contributed by atoms with Gasteiger partial charge in [-0.05, 0) is 48.9 Å². The summed E-state index contributed by atoms with van der Waals surface area (Å²) in [5.74, 6) is 1.24. The molecule has 2 aromatic rings. The molecular weight excluding hydrogens is 538 g/mol. The maximum Gasteiger partial charge on any atom is 0.270 e. The maximum absolute atomic E-state index is 13.9. The number of hydrogen-bond acceptors (Lipinski definition) is 8. The number of ether oxygens (including phenoxy) is 3. The largest absolute Gasteiger partial charge is 0.497 e. The summed E-state index contributed by atoms with van der Waals surface area (Å²) in [4.78, 5) is 49.8. The molecule has 11 heteroatoms. The Balaban J connectivity index is 1.36. The zero-order valence-corrected chi connectivity index (χ0v) is 24.5. The fourth-order valence-electron chi connectivity index (χ4n) is 6.04. The summed E-state index contributed by atoms with van der Waals surface area (Å²) in [6.07, 6.45) is 2.20. The van der Waals surface area contributed by atoms with Gasteiger partial charge in [-0.15, -0.1) is 0 Å². The molecule has 6 bridgehead atoms. The Kier molecular flexibility index (Phi) is 9.91. The molecule has 4 aliphatic heterocycles. The van der Waals surface area contributed by atoms with Gasteiger partial charge in [0.2, 0.25) is 17.7 Å². The molecule has 4 aliphatic rings. The Morgan fingerprint density at radius 3 is 2.64 bits per heavy atom. The molecule has 6 rings (SSSR count). The maximum atomic E-state index is 13.9. The van der Waals surface area contributed by atoms with Gasteiger partial charge in [-0.1, -0.05) is 18.2 Å². The SMILES string of the molecule is COc1cccc(CN2C[C@@H]3C[C@H]2C(=O)N2CCC(CC2)CN(C(C)=O)CCOCCOc2cccc(n2)C(=O)N3)c1. The molecule has 1 aromatic carbocycles. The summed E-state index contributed by atoms with van der Waals surface area (Å²) in [5.41, 5.74) is 1.30. The van der Waals surface area contributed by atoms with Crippen molar-refractivity contribution >= 4 is 17.7 Å². The molecule has 2 atom stereocenters. The smallest absolute Gasteiger partial charge is 0.270 e. The predicted molar refractivity (Wildman–Crippen MR) is 155 cm³/mol. The zero-order chi connectivity index (χ0) is 29.5. The van der Waals surface area contributed by atoms with Gasteiger partial charge in [0.15, 0.2) is 0 Å². The van der Waals surface area contributed by atoms with Crippen LogP contribution in [0.5, 0.6) is 11.6 Å². The normalized spacial score (nSPS) is 24.5. The van der Waals surface area contributed by atoms with E-state index in [2.05, 4.69) is 15.2 Å². The molecule has 0 aliphatic carbocycles. The molecule has 2 saturated heterocycles. The molecule has 5 heterocycles. The number of pyridine rings is 1. The van der Waals surface area contributed by atoms with Crippen LogP contribution < -0.4 is 14.8 Å². The number of methoxy groups -OCH3 is 1. The van der Waals surface area contributed by atoms with Crippen molar-refractivity contribution in [2.24, 2.45) is 5.92 Å². The molecule has 3 amide bonds. The van der Waals surface area contributed by atoms with Crippen molar-refractivity contribution in [2.75, 3.05) is 59.7 Å². The quantitative estimate of drug-likeness (QED) is 0.550. The van der Waals surface area contributed by atoms with Gasteiger partial charge < -0.3 is 29.3 Å². The van der Waals surface area contributed by atoms with E-state index in [1.165, 1.54) is 0 Å².